The van der Waals surface area contributed by atoms with E-state index in [4.69, 9.17) is 9.84 Å². The van der Waals surface area contributed by atoms with Crippen molar-refractivity contribution in [3.05, 3.63) is 0 Å². The molecule has 1 aliphatic rings. The third-order valence-corrected chi connectivity index (χ3v) is 2.17. The molecule has 4 nitrogen and oxygen atoms in total. The van der Waals surface area contributed by atoms with Crippen molar-refractivity contribution in [3.63, 3.8) is 0 Å². The number of aliphatic hydroxyl groups excluding tert-OH is 3. The Labute approximate surface area is 65.4 Å². The molecule has 0 aromatic rings. The average molecular weight is 162 g/mol. The molecule has 0 spiro atoms. The lowest BCUT2D eigenvalue weighted by atomic mass is 9.93. The van der Waals surface area contributed by atoms with Crippen LogP contribution in [0.3, 0.4) is 0 Å². The molecule has 11 heavy (non-hydrogen) atoms. The molecule has 1 aliphatic heterocycles. The molecule has 1 saturated heterocycles. The Morgan fingerprint density at radius 3 is 2.09 bits per heavy atom. The van der Waals surface area contributed by atoms with E-state index in [1.807, 2.05) is 0 Å². The fourth-order valence-corrected chi connectivity index (χ4v) is 1.18. The first-order valence-electron chi connectivity index (χ1n) is 3.73. The van der Waals surface area contributed by atoms with Gasteiger partial charge in [0.25, 0.3) is 0 Å². The Hall–Kier alpha value is -0.160. The van der Waals surface area contributed by atoms with Crippen molar-refractivity contribution in [2.24, 2.45) is 5.92 Å². The highest BCUT2D eigenvalue weighted by Crippen LogP contribution is 2.23. The van der Waals surface area contributed by atoms with Crippen LogP contribution < -0.4 is 0 Å². The van der Waals surface area contributed by atoms with Crippen molar-refractivity contribution >= 4 is 0 Å². The van der Waals surface area contributed by atoms with Crippen LogP contribution in [0.15, 0.2) is 0 Å². The van der Waals surface area contributed by atoms with Gasteiger partial charge in [-0.1, -0.05) is 6.92 Å². The number of hydrogen-bond donors (Lipinski definition) is 3. The summed E-state index contributed by atoms with van der Waals surface area (Å²) in [7, 11) is 0. The zero-order valence-corrected chi connectivity index (χ0v) is 6.64. The van der Waals surface area contributed by atoms with Crippen molar-refractivity contribution in [3.8, 4) is 0 Å². The van der Waals surface area contributed by atoms with Gasteiger partial charge in [-0.05, 0) is 6.92 Å². The fourth-order valence-electron chi connectivity index (χ4n) is 1.18. The predicted octanol–water partition coefficient (Wildman–Crippen LogP) is -0.919. The van der Waals surface area contributed by atoms with Gasteiger partial charge in [0.15, 0.2) is 6.29 Å². The van der Waals surface area contributed by atoms with E-state index in [1.54, 1.807) is 13.8 Å². The molecule has 66 valence electrons. The van der Waals surface area contributed by atoms with Gasteiger partial charge in [0.2, 0.25) is 0 Å². The monoisotopic (exact) mass is 162 g/mol. The highest BCUT2D eigenvalue weighted by atomic mass is 16.6. The minimum atomic E-state index is -0.969. The second-order valence-corrected chi connectivity index (χ2v) is 3.07. The number of hydrogen-bond acceptors (Lipinski definition) is 4. The van der Waals surface area contributed by atoms with Crippen molar-refractivity contribution < 1.29 is 20.1 Å². The Kier molecular flexibility index (Phi) is 2.49. The molecule has 0 radical (unpaired) electrons. The molecule has 3 N–H and O–H groups in total. The molecule has 3 unspecified atom stereocenters. The molecular formula is C7H14O4. The number of rotatable bonds is 0. The smallest absolute Gasteiger partial charge is 0.160 e. The van der Waals surface area contributed by atoms with Gasteiger partial charge in [0.1, 0.15) is 6.10 Å². The zero-order chi connectivity index (χ0) is 8.59. The zero-order valence-electron chi connectivity index (χ0n) is 6.64. The number of ether oxygens (including phenoxy) is 1. The largest absolute Gasteiger partial charge is 0.390 e. The van der Waals surface area contributed by atoms with Gasteiger partial charge >= 0.3 is 0 Å². The summed E-state index contributed by atoms with van der Waals surface area (Å²) in [4.78, 5) is 0. The maximum absolute atomic E-state index is 9.30. The molecule has 0 aromatic heterocycles. The third kappa shape index (κ3) is 1.54. The van der Waals surface area contributed by atoms with Crippen molar-refractivity contribution in [2.45, 2.75) is 38.4 Å². The summed E-state index contributed by atoms with van der Waals surface area (Å²) in [5.41, 5.74) is 0. The molecule has 4 heteroatoms. The lowest BCUT2D eigenvalue weighted by Crippen LogP contribution is -2.52. The minimum absolute atomic E-state index is 0.429. The molecule has 1 heterocycles. The van der Waals surface area contributed by atoms with Crippen LogP contribution in [-0.4, -0.2) is 39.9 Å². The summed E-state index contributed by atoms with van der Waals surface area (Å²) in [5, 5.41) is 27.7. The Bertz CT molecular complexity index is 124. The van der Waals surface area contributed by atoms with Gasteiger partial charge in [-0.15, -0.1) is 0 Å². The normalized spacial score (nSPS) is 52.6. The lowest BCUT2D eigenvalue weighted by molar-refractivity contribution is -0.255. The molecule has 0 aromatic carbocycles. The first kappa shape index (κ1) is 8.93. The van der Waals surface area contributed by atoms with Crippen LogP contribution in [0.1, 0.15) is 13.8 Å². The molecule has 0 aliphatic carbocycles. The topological polar surface area (TPSA) is 69.9 Å². The van der Waals surface area contributed by atoms with E-state index in [9.17, 15) is 10.2 Å². The quantitative estimate of drug-likeness (QED) is 0.431. The molecular weight excluding hydrogens is 148 g/mol. The van der Waals surface area contributed by atoms with Crippen LogP contribution in [0.25, 0.3) is 0 Å². The maximum Gasteiger partial charge on any atom is 0.160 e. The minimum Gasteiger partial charge on any atom is -0.390 e. The summed E-state index contributed by atoms with van der Waals surface area (Å²) in [5.74, 6) is -0.429. The first-order valence-corrected chi connectivity index (χ1v) is 3.73. The Balaban J connectivity index is 2.63. The molecule has 5 atom stereocenters. The lowest BCUT2D eigenvalue weighted by Gasteiger charge is -2.37. The van der Waals surface area contributed by atoms with Crippen LogP contribution >= 0.6 is 0 Å². The highest BCUT2D eigenvalue weighted by molar-refractivity contribution is 4.84. The molecule has 1 fully saturated rings. The summed E-state index contributed by atoms with van der Waals surface area (Å²) < 4.78 is 4.93. The van der Waals surface area contributed by atoms with E-state index >= 15 is 0 Å². The van der Waals surface area contributed by atoms with Gasteiger partial charge in [-0.3, -0.25) is 0 Å². The predicted molar refractivity (Wildman–Crippen MR) is 37.7 cm³/mol. The van der Waals surface area contributed by atoms with E-state index in [-0.39, 0.29) is 0 Å². The van der Waals surface area contributed by atoms with Crippen molar-refractivity contribution in [2.75, 3.05) is 0 Å². The van der Waals surface area contributed by atoms with E-state index in [1.165, 1.54) is 0 Å². The second-order valence-electron chi connectivity index (χ2n) is 3.07. The average Bonchev–Trinajstić information content (AvgIpc) is 1.97. The van der Waals surface area contributed by atoms with Crippen LogP contribution in [-0.2, 0) is 4.74 Å². The Morgan fingerprint density at radius 2 is 1.55 bits per heavy atom. The first-order chi connectivity index (χ1) is 5.04. The summed E-state index contributed by atoms with van der Waals surface area (Å²) in [6, 6.07) is 0. The van der Waals surface area contributed by atoms with Crippen LogP contribution in [0, 0.1) is 5.92 Å². The van der Waals surface area contributed by atoms with Gasteiger partial charge in [0.05, 0.1) is 12.2 Å². The van der Waals surface area contributed by atoms with Crippen LogP contribution in [0.5, 0.6) is 0 Å². The van der Waals surface area contributed by atoms with Gasteiger partial charge in [-0.2, -0.15) is 0 Å². The van der Waals surface area contributed by atoms with E-state index in [0.29, 0.717) is 0 Å². The molecule has 1 rings (SSSR count). The van der Waals surface area contributed by atoms with E-state index in [0.717, 1.165) is 0 Å². The molecule has 0 saturated carbocycles. The summed E-state index contributed by atoms with van der Waals surface area (Å²) in [6.45, 7) is 3.24. The fraction of sp³-hybridized carbons (Fsp3) is 1.00. The van der Waals surface area contributed by atoms with Crippen LogP contribution in [0.4, 0.5) is 0 Å². The Morgan fingerprint density at radius 1 is 1.00 bits per heavy atom. The standard InChI is InChI=1S/C7H14O4/c1-3-5(8)6(9)4(2)11-7(3)10/h3-10H,1-2H3/t3?,4?,5-,6+,7?/m1/s1. The van der Waals surface area contributed by atoms with E-state index in [2.05, 4.69) is 0 Å². The van der Waals surface area contributed by atoms with Crippen LogP contribution in [0.2, 0.25) is 0 Å². The van der Waals surface area contributed by atoms with Crippen molar-refractivity contribution in [1.29, 1.82) is 0 Å². The SMILES string of the molecule is CC1C(O)OC(C)[C@H](O)[C@@H]1O. The highest BCUT2D eigenvalue weighted by Gasteiger charge is 2.38. The molecule has 0 amide bonds. The number of aliphatic hydroxyl groups is 3. The van der Waals surface area contributed by atoms with Crippen molar-refractivity contribution in [1.82, 2.24) is 0 Å². The molecule has 0 bridgehead atoms. The van der Waals surface area contributed by atoms with Gasteiger partial charge in [0, 0.05) is 5.92 Å². The summed E-state index contributed by atoms with van der Waals surface area (Å²) in [6.07, 6.45) is -3.26. The van der Waals surface area contributed by atoms with E-state index < -0.39 is 30.5 Å². The van der Waals surface area contributed by atoms with Gasteiger partial charge in [-0.25, -0.2) is 0 Å². The maximum atomic E-state index is 9.30. The van der Waals surface area contributed by atoms with Gasteiger partial charge < -0.3 is 20.1 Å². The summed E-state index contributed by atoms with van der Waals surface area (Å²) >= 11 is 0. The third-order valence-electron chi connectivity index (χ3n) is 2.17. The second kappa shape index (κ2) is 3.06.